The number of hydrogen-bond donors (Lipinski definition) is 1. The molecule has 1 aromatic carbocycles. The van der Waals surface area contributed by atoms with E-state index in [1.165, 1.54) is 5.56 Å². The van der Waals surface area contributed by atoms with Gasteiger partial charge in [-0.2, -0.15) is 0 Å². The van der Waals surface area contributed by atoms with E-state index in [0.29, 0.717) is 23.8 Å². The number of carbonyl (C=O) groups is 1. The Hall–Kier alpha value is -2.54. The molecule has 124 valence electrons. The van der Waals surface area contributed by atoms with Crippen molar-refractivity contribution >= 4 is 23.5 Å². The third-order valence-electron chi connectivity index (χ3n) is 3.44. The minimum absolute atomic E-state index is 0.0928. The molecule has 0 bridgehead atoms. The molecule has 0 atom stereocenters. The summed E-state index contributed by atoms with van der Waals surface area (Å²) in [5.41, 5.74) is 2.27. The molecule has 0 saturated heterocycles. The molecular formula is C17H18N4O2S. The Labute approximate surface area is 144 Å². The summed E-state index contributed by atoms with van der Waals surface area (Å²) in [5, 5.41) is 7.33. The van der Waals surface area contributed by atoms with Gasteiger partial charge in [0.15, 0.2) is 11.0 Å². The lowest BCUT2D eigenvalue weighted by Gasteiger charge is -2.10. The standard InChI is InChI=1S/C17H18N4O2S/c1-12-5-3-4-6-14(12)21-9-8-18-17(21)24-10-7-16(22)19-15-11-13(2)23-20-15/h3-6,8-9,11H,7,10H2,1-2H3,(H,19,20,22). The predicted molar refractivity (Wildman–Crippen MR) is 93.5 cm³/mol. The molecule has 0 spiro atoms. The fourth-order valence-electron chi connectivity index (χ4n) is 2.28. The number of anilines is 1. The fourth-order valence-corrected chi connectivity index (χ4v) is 3.18. The van der Waals surface area contributed by atoms with Crippen LogP contribution in [0.25, 0.3) is 5.69 Å². The molecule has 1 amide bonds. The average Bonchev–Trinajstić information content (AvgIpc) is 3.17. The maximum Gasteiger partial charge on any atom is 0.226 e. The number of amides is 1. The molecule has 3 aromatic rings. The Balaban J connectivity index is 1.57. The van der Waals surface area contributed by atoms with E-state index < -0.39 is 0 Å². The number of para-hydroxylation sites is 1. The second-order valence-corrected chi connectivity index (χ2v) is 6.40. The molecule has 0 radical (unpaired) electrons. The zero-order valence-corrected chi connectivity index (χ0v) is 14.3. The molecule has 1 N–H and O–H groups in total. The summed E-state index contributed by atoms with van der Waals surface area (Å²) in [4.78, 5) is 16.3. The highest BCUT2D eigenvalue weighted by Gasteiger charge is 2.10. The maximum atomic E-state index is 11.9. The number of benzene rings is 1. The molecule has 2 heterocycles. The molecule has 3 rings (SSSR count). The summed E-state index contributed by atoms with van der Waals surface area (Å²) in [7, 11) is 0. The third kappa shape index (κ3) is 3.86. The minimum Gasteiger partial charge on any atom is -0.360 e. The maximum absolute atomic E-state index is 11.9. The average molecular weight is 342 g/mol. The Kier molecular flexibility index (Phi) is 5.00. The van der Waals surface area contributed by atoms with Gasteiger partial charge in [0, 0.05) is 30.6 Å². The molecule has 6 nitrogen and oxygen atoms in total. The first kappa shape index (κ1) is 16.3. The zero-order valence-electron chi connectivity index (χ0n) is 13.5. The van der Waals surface area contributed by atoms with Crippen LogP contribution in [0.5, 0.6) is 0 Å². The van der Waals surface area contributed by atoms with E-state index in [0.717, 1.165) is 10.8 Å². The summed E-state index contributed by atoms with van der Waals surface area (Å²) < 4.78 is 6.96. The topological polar surface area (TPSA) is 73.0 Å². The van der Waals surface area contributed by atoms with Gasteiger partial charge in [0.25, 0.3) is 0 Å². The molecule has 0 aliphatic rings. The lowest BCUT2D eigenvalue weighted by molar-refractivity contribution is -0.115. The van der Waals surface area contributed by atoms with Crippen LogP contribution < -0.4 is 5.32 Å². The smallest absolute Gasteiger partial charge is 0.226 e. The quantitative estimate of drug-likeness (QED) is 0.693. The van der Waals surface area contributed by atoms with Crippen molar-refractivity contribution in [1.29, 1.82) is 0 Å². The first-order valence-corrected chi connectivity index (χ1v) is 8.57. The Morgan fingerprint density at radius 1 is 1.33 bits per heavy atom. The van der Waals surface area contributed by atoms with Crippen molar-refractivity contribution in [3.05, 3.63) is 54.0 Å². The molecule has 0 saturated carbocycles. The second kappa shape index (κ2) is 7.35. The second-order valence-electron chi connectivity index (χ2n) is 5.34. The predicted octanol–water partition coefficient (Wildman–Crippen LogP) is 3.60. The summed E-state index contributed by atoms with van der Waals surface area (Å²) in [6, 6.07) is 9.83. The monoisotopic (exact) mass is 342 g/mol. The van der Waals surface area contributed by atoms with Crippen molar-refractivity contribution in [2.45, 2.75) is 25.4 Å². The fraction of sp³-hybridized carbons (Fsp3) is 0.235. The van der Waals surface area contributed by atoms with Crippen LogP contribution in [-0.4, -0.2) is 26.4 Å². The number of nitrogens with one attached hydrogen (secondary N) is 1. The number of imidazole rings is 1. The Morgan fingerprint density at radius 3 is 2.92 bits per heavy atom. The number of thioether (sulfide) groups is 1. The van der Waals surface area contributed by atoms with Gasteiger partial charge in [-0.1, -0.05) is 35.1 Å². The molecule has 0 aliphatic carbocycles. The van der Waals surface area contributed by atoms with Crippen molar-refractivity contribution in [1.82, 2.24) is 14.7 Å². The van der Waals surface area contributed by atoms with E-state index in [2.05, 4.69) is 34.5 Å². The number of hydrogen-bond acceptors (Lipinski definition) is 5. The van der Waals surface area contributed by atoms with Gasteiger partial charge in [-0.3, -0.25) is 9.36 Å². The zero-order chi connectivity index (χ0) is 16.9. The van der Waals surface area contributed by atoms with Crippen molar-refractivity contribution in [2.75, 3.05) is 11.1 Å². The van der Waals surface area contributed by atoms with Crippen molar-refractivity contribution in [3.63, 3.8) is 0 Å². The molecule has 0 fully saturated rings. The normalized spacial score (nSPS) is 10.8. The SMILES string of the molecule is Cc1cc(NC(=O)CCSc2nccn2-c2ccccc2C)no1. The molecule has 0 unspecified atom stereocenters. The van der Waals surface area contributed by atoms with Crippen molar-refractivity contribution in [3.8, 4) is 5.69 Å². The largest absolute Gasteiger partial charge is 0.360 e. The summed E-state index contributed by atoms with van der Waals surface area (Å²) >= 11 is 1.55. The highest BCUT2D eigenvalue weighted by Crippen LogP contribution is 2.23. The number of aryl methyl sites for hydroxylation is 2. The summed E-state index contributed by atoms with van der Waals surface area (Å²) in [6.45, 7) is 3.85. The molecule has 7 heteroatoms. The Bertz CT molecular complexity index is 840. The van der Waals surface area contributed by atoms with Crippen LogP contribution in [0.3, 0.4) is 0 Å². The van der Waals surface area contributed by atoms with E-state index in [4.69, 9.17) is 4.52 Å². The van der Waals surface area contributed by atoms with Gasteiger partial charge in [0.05, 0.1) is 5.69 Å². The van der Waals surface area contributed by atoms with Crippen molar-refractivity contribution < 1.29 is 9.32 Å². The highest BCUT2D eigenvalue weighted by molar-refractivity contribution is 7.99. The summed E-state index contributed by atoms with van der Waals surface area (Å²) in [6.07, 6.45) is 4.08. The van der Waals surface area contributed by atoms with Gasteiger partial charge in [-0.05, 0) is 25.5 Å². The number of rotatable bonds is 6. The Morgan fingerprint density at radius 2 is 2.17 bits per heavy atom. The van der Waals surface area contributed by atoms with Crippen molar-refractivity contribution in [2.24, 2.45) is 0 Å². The first-order chi connectivity index (χ1) is 11.6. The van der Waals surface area contributed by atoms with E-state index in [-0.39, 0.29) is 5.91 Å². The van der Waals surface area contributed by atoms with Gasteiger partial charge < -0.3 is 9.84 Å². The van der Waals surface area contributed by atoms with Crippen LogP contribution in [0, 0.1) is 13.8 Å². The van der Waals surface area contributed by atoms with Gasteiger partial charge in [-0.15, -0.1) is 0 Å². The van der Waals surface area contributed by atoms with Gasteiger partial charge in [0.1, 0.15) is 5.76 Å². The van der Waals surface area contributed by atoms with E-state index in [1.807, 2.05) is 22.9 Å². The third-order valence-corrected chi connectivity index (χ3v) is 4.41. The van der Waals surface area contributed by atoms with E-state index in [1.54, 1.807) is 30.9 Å². The van der Waals surface area contributed by atoms with Gasteiger partial charge in [-0.25, -0.2) is 4.98 Å². The van der Waals surface area contributed by atoms with Crippen LogP contribution in [0.4, 0.5) is 5.82 Å². The van der Waals surface area contributed by atoms with Crippen LogP contribution in [-0.2, 0) is 4.79 Å². The molecular weight excluding hydrogens is 324 g/mol. The number of aromatic nitrogens is 3. The highest BCUT2D eigenvalue weighted by atomic mass is 32.2. The van der Waals surface area contributed by atoms with Crippen LogP contribution in [0.2, 0.25) is 0 Å². The summed E-state index contributed by atoms with van der Waals surface area (Å²) in [5.74, 6) is 1.65. The minimum atomic E-state index is -0.0928. The molecule has 24 heavy (non-hydrogen) atoms. The van der Waals surface area contributed by atoms with Crippen LogP contribution >= 0.6 is 11.8 Å². The van der Waals surface area contributed by atoms with E-state index >= 15 is 0 Å². The lowest BCUT2D eigenvalue weighted by Crippen LogP contribution is -2.12. The number of carbonyl (C=O) groups excluding carboxylic acids is 1. The van der Waals surface area contributed by atoms with Crippen LogP contribution in [0.1, 0.15) is 17.7 Å². The lowest BCUT2D eigenvalue weighted by atomic mass is 10.2. The van der Waals surface area contributed by atoms with Gasteiger partial charge in [0.2, 0.25) is 5.91 Å². The van der Waals surface area contributed by atoms with Crippen LogP contribution in [0.15, 0.2) is 52.4 Å². The first-order valence-electron chi connectivity index (χ1n) is 7.59. The molecule has 0 aliphatic heterocycles. The molecule has 2 aromatic heterocycles. The number of nitrogens with zero attached hydrogens (tertiary/aromatic N) is 3. The van der Waals surface area contributed by atoms with Gasteiger partial charge >= 0.3 is 0 Å². The van der Waals surface area contributed by atoms with E-state index in [9.17, 15) is 4.79 Å².